The maximum Gasteiger partial charge on any atom is 0.183 e. The van der Waals surface area contributed by atoms with E-state index in [2.05, 4.69) is 52.2 Å². The Hall–Kier alpha value is -1.43. The molecular weight excluding hydrogens is 306 g/mol. The monoisotopic (exact) mass is 323 g/mol. The SMILES string of the molecule is CC(C)(C)CCn1nnnc1-c1cccc(N)c1Br. The highest BCUT2D eigenvalue weighted by atomic mass is 79.9. The van der Waals surface area contributed by atoms with Crippen molar-refractivity contribution in [3.05, 3.63) is 22.7 Å². The van der Waals surface area contributed by atoms with Gasteiger partial charge in [-0.1, -0.05) is 26.8 Å². The van der Waals surface area contributed by atoms with E-state index >= 15 is 0 Å². The van der Waals surface area contributed by atoms with Gasteiger partial charge >= 0.3 is 0 Å². The number of anilines is 1. The Morgan fingerprint density at radius 1 is 1.32 bits per heavy atom. The van der Waals surface area contributed by atoms with Crippen LogP contribution in [-0.4, -0.2) is 20.2 Å². The topological polar surface area (TPSA) is 69.6 Å². The molecule has 2 N–H and O–H groups in total. The third-order valence-corrected chi connectivity index (χ3v) is 3.76. The van der Waals surface area contributed by atoms with Crippen LogP contribution in [0.1, 0.15) is 27.2 Å². The van der Waals surface area contributed by atoms with E-state index in [1.165, 1.54) is 0 Å². The van der Waals surface area contributed by atoms with Gasteiger partial charge in [-0.25, -0.2) is 4.68 Å². The van der Waals surface area contributed by atoms with Crippen LogP contribution in [0, 0.1) is 5.41 Å². The molecule has 0 fully saturated rings. The smallest absolute Gasteiger partial charge is 0.183 e. The number of nitrogens with zero attached hydrogens (tertiary/aromatic N) is 4. The van der Waals surface area contributed by atoms with Gasteiger partial charge in [0.2, 0.25) is 0 Å². The van der Waals surface area contributed by atoms with Crippen molar-refractivity contribution in [2.24, 2.45) is 5.41 Å². The second kappa shape index (κ2) is 5.28. The van der Waals surface area contributed by atoms with Gasteiger partial charge in [-0.2, -0.15) is 0 Å². The number of rotatable bonds is 3. The summed E-state index contributed by atoms with van der Waals surface area (Å²) in [7, 11) is 0. The first-order valence-corrected chi connectivity index (χ1v) is 6.98. The third-order valence-electron chi connectivity index (χ3n) is 2.87. The van der Waals surface area contributed by atoms with Crippen LogP contribution in [0.5, 0.6) is 0 Å². The van der Waals surface area contributed by atoms with Crippen molar-refractivity contribution in [1.29, 1.82) is 0 Å². The number of nitrogens with two attached hydrogens (primary N) is 1. The number of nitrogen functional groups attached to an aromatic ring is 1. The number of aromatic nitrogens is 4. The Bertz CT molecular complexity index is 571. The summed E-state index contributed by atoms with van der Waals surface area (Å²) in [6, 6.07) is 5.70. The van der Waals surface area contributed by atoms with Crippen LogP contribution in [0.25, 0.3) is 11.4 Å². The van der Waals surface area contributed by atoms with E-state index in [1.54, 1.807) is 0 Å². The van der Waals surface area contributed by atoms with Gasteiger partial charge < -0.3 is 5.73 Å². The summed E-state index contributed by atoms with van der Waals surface area (Å²) >= 11 is 3.49. The summed E-state index contributed by atoms with van der Waals surface area (Å²) in [5.74, 6) is 0.739. The lowest BCUT2D eigenvalue weighted by Gasteiger charge is -2.18. The number of hydrogen-bond acceptors (Lipinski definition) is 4. The highest BCUT2D eigenvalue weighted by Gasteiger charge is 2.16. The first kappa shape index (κ1) is 14.0. The number of halogens is 1. The third kappa shape index (κ3) is 3.32. The van der Waals surface area contributed by atoms with Crippen molar-refractivity contribution in [2.75, 3.05) is 5.73 Å². The molecule has 2 rings (SSSR count). The minimum Gasteiger partial charge on any atom is -0.398 e. The molecule has 1 aromatic heterocycles. The second-order valence-corrected chi connectivity index (χ2v) is 6.54. The average molecular weight is 324 g/mol. The van der Waals surface area contributed by atoms with E-state index in [0.29, 0.717) is 5.69 Å². The van der Waals surface area contributed by atoms with Crippen LogP contribution in [0.2, 0.25) is 0 Å². The predicted octanol–water partition coefficient (Wildman–Crippen LogP) is 3.12. The highest BCUT2D eigenvalue weighted by Crippen LogP contribution is 2.31. The van der Waals surface area contributed by atoms with Gasteiger partial charge in [0, 0.05) is 17.8 Å². The average Bonchev–Trinajstić information content (AvgIpc) is 2.77. The number of tetrazole rings is 1. The summed E-state index contributed by atoms with van der Waals surface area (Å²) in [4.78, 5) is 0. The maximum atomic E-state index is 5.90. The van der Waals surface area contributed by atoms with Gasteiger partial charge in [0.1, 0.15) is 0 Å². The fourth-order valence-electron chi connectivity index (χ4n) is 1.71. The zero-order valence-corrected chi connectivity index (χ0v) is 13.0. The lowest BCUT2D eigenvalue weighted by molar-refractivity contribution is 0.340. The van der Waals surface area contributed by atoms with Crippen LogP contribution in [0.4, 0.5) is 5.69 Å². The van der Waals surface area contributed by atoms with E-state index in [-0.39, 0.29) is 5.41 Å². The Morgan fingerprint density at radius 2 is 2.05 bits per heavy atom. The lowest BCUT2D eigenvalue weighted by atomic mass is 9.92. The standard InChI is InChI=1S/C13H18BrN5/c1-13(2,3)7-8-19-12(16-17-18-19)9-5-4-6-10(15)11(9)14/h4-6H,7-8,15H2,1-3H3. The quantitative estimate of drug-likeness (QED) is 0.881. The Labute approximate surface area is 121 Å². The van der Waals surface area contributed by atoms with E-state index in [0.717, 1.165) is 28.8 Å². The number of hydrogen-bond donors (Lipinski definition) is 1. The van der Waals surface area contributed by atoms with Gasteiger partial charge in [-0.15, -0.1) is 5.10 Å². The molecule has 0 unspecified atom stereocenters. The molecule has 0 saturated heterocycles. The summed E-state index contributed by atoms with van der Waals surface area (Å²) in [6.45, 7) is 7.39. The van der Waals surface area contributed by atoms with E-state index < -0.39 is 0 Å². The molecule has 19 heavy (non-hydrogen) atoms. The molecule has 0 spiro atoms. The van der Waals surface area contributed by atoms with Crippen molar-refractivity contribution < 1.29 is 0 Å². The molecule has 0 amide bonds. The molecule has 0 saturated carbocycles. The van der Waals surface area contributed by atoms with Crippen LogP contribution in [-0.2, 0) is 6.54 Å². The predicted molar refractivity (Wildman–Crippen MR) is 79.4 cm³/mol. The van der Waals surface area contributed by atoms with Gasteiger partial charge in [-0.3, -0.25) is 0 Å². The zero-order valence-electron chi connectivity index (χ0n) is 11.4. The minimum absolute atomic E-state index is 0.246. The van der Waals surface area contributed by atoms with Gasteiger partial charge in [0.15, 0.2) is 5.82 Å². The first-order chi connectivity index (χ1) is 8.88. The normalized spacial score (nSPS) is 11.8. The van der Waals surface area contributed by atoms with Gasteiger partial charge in [-0.05, 0) is 50.3 Å². The molecule has 0 atom stereocenters. The van der Waals surface area contributed by atoms with Crippen molar-refractivity contribution in [3.63, 3.8) is 0 Å². The Morgan fingerprint density at radius 3 is 2.74 bits per heavy atom. The molecule has 6 heteroatoms. The van der Waals surface area contributed by atoms with Gasteiger partial charge in [0.25, 0.3) is 0 Å². The largest absolute Gasteiger partial charge is 0.398 e. The van der Waals surface area contributed by atoms with E-state index in [9.17, 15) is 0 Å². The van der Waals surface area contributed by atoms with Crippen LogP contribution in [0.15, 0.2) is 22.7 Å². The van der Waals surface area contributed by atoms with Gasteiger partial charge in [0.05, 0.1) is 4.47 Å². The summed E-state index contributed by atoms with van der Waals surface area (Å²) in [6.07, 6.45) is 1.00. The molecule has 1 aromatic carbocycles. The van der Waals surface area contributed by atoms with Crippen LogP contribution in [0.3, 0.4) is 0 Å². The summed E-state index contributed by atoms with van der Waals surface area (Å²) in [5.41, 5.74) is 7.74. The first-order valence-electron chi connectivity index (χ1n) is 6.19. The number of aryl methyl sites for hydroxylation is 1. The molecule has 5 nitrogen and oxygen atoms in total. The fourth-order valence-corrected chi connectivity index (χ4v) is 2.15. The van der Waals surface area contributed by atoms with E-state index in [4.69, 9.17) is 5.73 Å². The molecule has 0 radical (unpaired) electrons. The molecule has 0 bridgehead atoms. The fraction of sp³-hybridized carbons (Fsp3) is 0.462. The maximum absolute atomic E-state index is 5.90. The number of benzene rings is 1. The molecule has 0 aliphatic carbocycles. The van der Waals surface area contributed by atoms with Crippen molar-refractivity contribution in [3.8, 4) is 11.4 Å². The second-order valence-electron chi connectivity index (χ2n) is 5.75. The molecule has 1 heterocycles. The lowest BCUT2D eigenvalue weighted by Crippen LogP contribution is -2.12. The highest BCUT2D eigenvalue weighted by molar-refractivity contribution is 9.10. The summed E-state index contributed by atoms with van der Waals surface area (Å²) < 4.78 is 2.66. The molecule has 0 aliphatic rings. The minimum atomic E-state index is 0.246. The van der Waals surface area contributed by atoms with Crippen molar-refractivity contribution in [2.45, 2.75) is 33.7 Å². The van der Waals surface area contributed by atoms with E-state index in [1.807, 2.05) is 22.9 Å². The molecular formula is C13H18BrN5. The van der Waals surface area contributed by atoms with Crippen LogP contribution >= 0.6 is 15.9 Å². The Kier molecular flexibility index (Phi) is 3.89. The summed E-state index contributed by atoms with van der Waals surface area (Å²) in [5, 5.41) is 11.9. The van der Waals surface area contributed by atoms with Crippen LogP contribution < -0.4 is 5.73 Å². The van der Waals surface area contributed by atoms with Crippen molar-refractivity contribution in [1.82, 2.24) is 20.2 Å². The zero-order chi connectivity index (χ0) is 14.0. The van der Waals surface area contributed by atoms with Crippen molar-refractivity contribution >= 4 is 21.6 Å². The molecule has 102 valence electrons. The molecule has 0 aliphatic heterocycles. The Balaban J connectivity index is 2.31. The molecule has 2 aromatic rings.